The summed E-state index contributed by atoms with van der Waals surface area (Å²) in [6, 6.07) is 0. The molecule has 3 aromatic rings. The van der Waals surface area contributed by atoms with Crippen LogP contribution >= 0.6 is 0 Å². The Labute approximate surface area is 228 Å². The summed E-state index contributed by atoms with van der Waals surface area (Å²) < 4.78 is 5.14. The molecule has 0 aromatic carbocycles. The van der Waals surface area contributed by atoms with Crippen LogP contribution in [0.5, 0.6) is 0 Å². The fourth-order valence-corrected chi connectivity index (χ4v) is 6.57. The van der Waals surface area contributed by atoms with Crippen LogP contribution in [0.2, 0.25) is 0 Å². The van der Waals surface area contributed by atoms with Crippen molar-refractivity contribution in [3.05, 3.63) is 78.2 Å². The van der Waals surface area contributed by atoms with Crippen LogP contribution in [0.15, 0.2) is 11.4 Å². The molecule has 1 saturated heterocycles. The molecule has 0 spiro atoms. The number of fused-ring (bicyclic) bond motifs is 7. The summed E-state index contributed by atoms with van der Waals surface area (Å²) in [6.07, 6.45) is 7.35. The van der Waals surface area contributed by atoms with Gasteiger partial charge >= 0.3 is 5.97 Å². The van der Waals surface area contributed by atoms with Gasteiger partial charge in [0.05, 0.1) is 12.8 Å². The van der Waals surface area contributed by atoms with E-state index < -0.39 is 11.9 Å². The molecule has 202 valence electrons. The SMILES string of the molecule is CCc1c(C)/c2[nH]/c1=C\c1[nH]c3c(c1C)C(=O)[C@H](C(=O)OC)/C3=C1/N/C(=C\c3[nH]c(c(C)c3C)\C=2)[C@@H](C)[C@@H]1C. The molecule has 1 fully saturated rings. The van der Waals surface area contributed by atoms with Crippen LogP contribution in [0.1, 0.15) is 81.7 Å². The third kappa shape index (κ3) is 3.48. The highest BCUT2D eigenvalue weighted by molar-refractivity contribution is 6.24. The van der Waals surface area contributed by atoms with Crippen molar-refractivity contribution in [1.29, 1.82) is 0 Å². The first-order valence-corrected chi connectivity index (χ1v) is 13.7. The molecule has 1 aliphatic carbocycles. The van der Waals surface area contributed by atoms with E-state index in [2.05, 4.69) is 80.0 Å². The van der Waals surface area contributed by atoms with E-state index in [1.807, 2.05) is 6.92 Å². The van der Waals surface area contributed by atoms with Gasteiger partial charge in [0.15, 0.2) is 5.78 Å². The van der Waals surface area contributed by atoms with E-state index >= 15 is 0 Å². The average molecular weight is 525 g/mol. The highest BCUT2D eigenvalue weighted by Crippen LogP contribution is 2.47. The topological polar surface area (TPSA) is 103 Å². The molecule has 3 aromatic heterocycles. The summed E-state index contributed by atoms with van der Waals surface area (Å²) in [5.41, 5.74) is 12.7. The predicted molar refractivity (Wildman–Crippen MR) is 153 cm³/mol. The maximum absolute atomic E-state index is 13.8. The Bertz CT molecular complexity index is 1770. The summed E-state index contributed by atoms with van der Waals surface area (Å²) in [7, 11) is 1.34. The number of esters is 1. The molecule has 5 heterocycles. The van der Waals surface area contributed by atoms with Crippen LogP contribution in [-0.2, 0) is 16.0 Å². The van der Waals surface area contributed by atoms with E-state index in [1.54, 1.807) is 0 Å². The van der Waals surface area contributed by atoms with E-state index in [-0.39, 0.29) is 17.6 Å². The van der Waals surface area contributed by atoms with Gasteiger partial charge in [0.2, 0.25) is 0 Å². The van der Waals surface area contributed by atoms with Gasteiger partial charge in [-0.1, -0.05) is 20.8 Å². The van der Waals surface area contributed by atoms with Gasteiger partial charge < -0.3 is 25.0 Å². The zero-order valence-corrected chi connectivity index (χ0v) is 23.9. The number of nitrogens with one attached hydrogen (secondary N) is 4. The van der Waals surface area contributed by atoms with E-state index in [9.17, 15) is 9.59 Å². The minimum absolute atomic E-state index is 0.0751. The highest BCUT2D eigenvalue weighted by atomic mass is 16.5. The lowest BCUT2D eigenvalue weighted by Crippen LogP contribution is -2.24. The second-order valence-corrected chi connectivity index (χ2v) is 11.3. The monoisotopic (exact) mass is 524 g/mol. The Kier molecular flexibility index (Phi) is 5.68. The van der Waals surface area contributed by atoms with Gasteiger partial charge in [-0.05, 0) is 80.2 Å². The Balaban J connectivity index is 1.74. The molecule has 4 N–H and O–H groups in total. The Morgan fingerprint density at radius 3 is 2.15 bits per heavy atom. The lowest BCUT2D eigenvalue weighted by molar-refractivity contribution is -0.141. The molecule has 0 amide bonds. The number of rotatable bonds is 2. The number of ketones is 1. The number of H-pyrrole nitrogens is 3. The number of Topliss-reactive ketones (excluding diaryl/α,β-unsaturated/α-hetero) is 1. The number of allylic oxidation sites excluding steroid dienone is 2. The molecule has 3 aliphatic rings. The minimum Gasteiger partial charge on any atom is -0.468 e. The fraction of sp³-hybridized carbons (Fsp3) is 0.375. The van der Waals surface area contributed by atoms with Gasteiger partial charge in [0, 0.05) is 62.1 Å². The standard InChI is InChI=1S/C32H36N4O3/c1-9-19-17(6)23-11-21-14(3)13(2)20(33-21)10-22-15(4)16(5)29(35-22)27-28(32(38)39-8)31(37)26-18(7)24(36-30(26)27)12-25(19)34-23/h10-12,15-16,28,33-36H,9H2,1-8H3/b22-10-,23-11-,25-12-,29-27-/t15-,16-,28+/m0/s1. The molecule has 7 heteroatoms. The molecule has 8 bridgehead atoms. The molecule has 0 radical (unpaired) electrons. The van der Waals surface area contributed by atoms with Crippen LogP contribution in [0.3, 0.4) is 0 Å². The number of carbonyl (C=O) groups excluding carboxylic acids is 2. The van der Waals surface area contributed by atoms with Gasteiger partial charge in [0.25, 0.3) is 0 Å². The van der Waals surface area contributed by atoms with Gasteiger partial charge in [-0.15, -0.1) is 0 Å². The maximum atomic E-state index is 13.8. The van der Waals surface area contributed by atoms with E-state index in [0.29, 0.717) is 11.1 Å². The first kappa shape index (κ1) is 25.3. The first-order chi connectivity index (χ1) is 18.6. The largest absolute Gasteiger partial charge is 0.468 e. The molecule has 39 heavy (non-hydrogen) atoms. The molecular formula is C32H36N4O3. The Morgan fingerprint density at radius 1 is 0.846 bits per heavy atom. The zero-order valence-electron chi connectivity index (χ0n) is 23.9. The molecular weight excluding hydrogens is 488 g/mol. The van der Waals surface area contributed by atoms with Crippen LogP contribution in [0.4, 0.5) is 0 Å². The summed E-state index contributed by atoms with van der Waals surface area (Å²) >= 11 is 0. The van der Waals surface area contributed by atoms with Crippen molar-refractivity contribution >= 4 is 35.6 Å². The molecule has 2 aliphatic heterocycles. The van der Waals surface area contributed by atoms with Crippen molar-refractivity contribution in [2.75, 3.05) is 7.11 Å². The highest BCUT2D eigenvalue weighted by Gasteiger charge is 2.47. The van der Waals surface area contributed by atoms with Crippen molar-refractivity contribution in [2.24, 2.45) is 17.8 Å². The van der Waals surface area contributed by atoms with E-state index in [1.165, 1.54) is 29.4 Å². The number of aromatic amines is 3. The normalized spacial score (nSPS) is 26.4. The number of methoxy groups -OCH3 is 1. The van der Waals surface area contributed by atoms with Gasteiger partial charge in [0.1, 0.15) is 5.92 Å². The van der Waals surface area contributed by atoms with E-state index in [0.717, 1.165) is 56.9 Å². The molecule has 6 rings (SSSR count). The Morgan fingerprint density at radius 2 is 1.49 bits per heavy atom. The lowest BCUT2D eigenvalue weighted by atomic mass is 9.89. The van der Waals surface area contributed by atoms with Gasteiger partial charge in [-0.3, -0.25) is 9.59 Å². The van der Waals surface area contributed by atoms with Crippen LogP contribution < -0.4 is 16.0 Å². The van der Waals surface area contributed by atoms with Crippen LogP contribution in [-0.4, -0.2) is 33.8 Å². The van der Waals surface area contributed by atoms with Gasteiger partial charge in [-0.2, -0.15) is 0 Å². The third-order valence-electron chi connectivity index (χ3n) is 9.38. The average Bonchev–Trinajstić information content (AvgIpc) is 3.63. The second kappa shape index (κ2) is 8.76. The van der Waals surface area contributed by atoms with Crippen molar-refractivity contribution in [2.45, 2.75) is 54.9 Å². The van der Waals surface area contributed by atoms with Crippen molar-refractivity contribution in [3.8, 4) is 0 Å². The summed E-state index contributed by atoms with van der Waals surface area (Å²) in [5.74, 6) is -1.48. The summed E-state index contributed by atoms with van der Waals surface area (Å²) in [5, 5.41) is 5.73. The molecule has 3 atom stereocenters. The van der Waals surface area contributed by atoms with Crippen molar-refractivity contribution in [1.82, 2.24) is 20.3 Å². The maximum Gasteiger partial charge on any atom is 0.321 e. The number of aromatic nitrogens is 3. The number of ether oxygens (including phenoxy) is 1. The molecule has 0 unspecified atom stereocenters. The quantitative estimate of drug-likeness (QED) is 0.300. The zero-order chi connectivity index (χ0) is 27.9. The smallest absolute Gasteiger partial charge is 0.321 e. The van der Waals surface area contributed by atoms with Gasteiger partial charge in [-0.25, -0.2) is 0 Å². The van der Waals surface area contributed by atoms with Crippen LogP contribution in [0.25, 0.3) is 23.8 Å². The predicted octanol–water partition coefficient (Wildman–Crippen LogP) is 4.05. The number of hydrogen-bond acceptors (Lipinski definition) is 4. The van der Waals surface area contributed by atoms with E-state index in [4.69, 9.17) is 4.74 Å². The van der Waals surface area contributed by atoms with Crippen molar-refractivity contribution in [3.63, 3.8) is 0 Å². The third-order valence-corrected chi connectivity index (χ3v) is 9.38. The molecule has 0 saturated carbocycles. The first-order valence-electron chi connectivity index (χ1n) is 13.7. The summed E-state index contributed by atoms with van der Waals surface area (Å²) in [6.45, 7) is 14.9. The molecule has 7 nitrogen and oxygen atoms in total. The lowest BCUT2D eigenvalue weighted by Gasteiger charge is -2.16. The number of carbonyl (C=O) groups is 2. The fourth-order valence-electron chi connectivity index (χ4n) is 6.57. The Hall–Kier alpha value is -4.00. The van der Waals surface area contributed by atoms with Crippen LogP contribution in [0, 0.1) is 45.4 Å². The minimum atomic E-state index is -0.986. The number of hydrogen-bond donors (Lipinski definition) is 4. The van der Waals surface area contributed by atoms with Crippen molar-refractivity contribution < 1.29 is 14.3 Å². The summed E-state index contributed by atoms with van der Waals surface area (Å²) in [4.78, 5) is 37.7. The second-order valence-electron chi connectivity index (χ2n) is 11.3.